The number of halogens is 3. The van der Waals surface area contributed by atoms with Crippen LogP contribution in [0.3, 0.4) is 0 Å². The first-order valence-electron chi connectivity index (χ1n) is 7.37. The van der Waals surface area contributed by atoms with E-state index in [-0.39, 0.29) is 6.54 Å². The predicted molar refractivity (Wildman–Crippen MR) is 81.5 cm³/mol. The van der Waals surface area contributed by atoms with Gasteiger partial charge in [-0.2, -0.15) is 13.2 Å². The van der Waals surface area contributed by atoms with Gasteiger partial charge in [0.25, 0.3) is 0 Å². The zero-order valence-corrected chi connectivity index (χ0v) is 13.2. The van der Waals surface area contributed by atoms with Crippen LogP contribution in [0.4, 0.5) is 18.9 Å². The number of nitrogens with zero attached hydrogens (tertiary/aromatic N) is 1. The molecule has 0 unspecified atom stereocenters. The molecule has 0 spiro atoms. The SMILES string of the molecule is CCCN(C)c1ccc(CNCC(C)C)c(C(F)(F)F)c1. The average Bonchev–Trinajstić information content (AvgIpc) is 2.37. The third-order valence-electron chi connectivity index (χ3n) is 3.27. The van der Waals surface area contributed by atoms with Gasteiger partial charge >= 0.3 is 6.18 Å². The topological polar surface area (TPSA) is 15.3 Å². The first kappa shape index (κ1) is 17.8. The zero-order valence-electron chi connectivity index (χ0n) is 13.2. The summed E-state index contributed by atoms with van der Waals surface area (Å²) in [5, 5.41) is 3.07. The Morgan fingerprint density at radius 3 is 2.43 bits per heavy atom. The van der Waals surface area contributed by atoms with E-state index in [0.29, 0.717) is 23.7 Å². The highest BCUT2D eigenvalue weighted by Crippen LogP contribution is 2.34. The van der Waals surface area contributed by atoms with E-state index in [1.54, 1.807) is 12.1 Å². The second-order valence-corrected chi connectivity index (χ2v) is 5.79. The molecule has 0 saturated carbocycles. The van der Waals surface area contributed by atoms with Crippen LogP contribution in [-0.4, -0.2) is 20.1 Å². The molecule has 0 fully saturated rings. The molecule has 21 heavy (non-hydrogen) atoms. The van der Waals surface area contributed by atoms with Crippen LogP contribution in [0.1, 0.15) is 38.3 Å². The van der Waals surface area contributed by atoms with Crippen molar-refractivity contribution in [1.29, 1.82) is 0 Å². The van der Waals surface area contributed by atoms with E-state index in [0.717, 1.165) is 13.0 Å². The molecule has 0 radical (unpaired) electrons. The first-order chi connectivity index (χ1) is 9.75. The molecular formula is C16H25F3N2. The van der Waals surface area contributed by atoms with Gasteiger partial charge in [0.1, 0.15) is 0 Å². The van der Waals surface area contributed by atoms with Crippen LogP contribution in [0.15, 0.2) is 18.2 Å². The molecule has 0 heterocycles. The number of nitrogens with one attached hydrogen (secondary N) is 1. The number of benzene rings is 1. The highest BCUT2D eigenvalue weighted by Gasteiger charge is 2.33. The largest absolute Gasteiger partial charge is 0.416 e. The molecular weight excluding hydrogens is 277 g/mol. The van der Waals surface area contributed by atoms with E-state index in [1.165, 1.54) is 6.07 Å². The summed E-state index contributed by atoms with van der Waals surface area (Å²) in [5.41, 5.74) is 0.368. The molecule has 0 amide bonds. The average molecular weight is 302 g/mol. The molecule has 0 aromatic heterocycles. The van der Waals surface area contributed by atoms with Gasteiger partial charge in [-0.15, -0.1) is 0 Å². The summed E-state index contributed by atoms with van der Waals surface area (Å²) in [6, 6.07) is 4.59. The maximum Gasteiger partial charge on any atom is 0.416 e. The molecule has 1 rings (SSSR count). The van der Waals surface area contributed by atoms with Gasteiger partial charge in [-0.1, -0.05) is 26.8 Å². The quantitative estimate of drug-likeness (QED) is 0.808. The van der Waals surface area contributed by atoms with E-state index >= 15 is 0 Å². The van der Waals surface area contributed by atoms with Crippen molar-refractivity contribution < 1.29 is 13.2 Å². The van der Waals surface area contributed by atoms with E-state index in [9.17, 15) is 13.2 Å². The summed E-state index contributed by atoms with van der Waals surface area (Å²) in [5.74, 6) is 0.411. The predicted octanol–water partition coefficient (Wildman–Crippen LogP) is 4.30. The van der Waals surface area contributed by atoms with Crippen LogP contribution < -0.4 is 10.2 Å². The van der Waals surface area contributed by atoms with Crippen molar-refractivity contribution in [3.8, 4) is 0 Å². The lowest BCUT2D eigenvalue weighted by atomic mass is 10.0. The molecule has 1 aromatic rings. The van der Waals surface area contributed by atoms with Crippen molar-refractivity contribution in [1.82, 2.24) is 5.32 Å². The van der Waals surface area contributed by atoms with Crippen LogP contribution in [0.25, 0.3) is 0 Å². The molecule has 0 bridgehead atoms. The fourth-order valence-corrected chi connectivity index (χ4v) is 2.18. The van der Waals surface area contributed by atoms with Crippen molar-refractivity contribution in [2.45, 2.75) is 39.9 Å². The smallest absolute Gasteiger partial charge is 0.375 e. The minimum atomic E-state index is -4.32. The Morgan fingerprint density at radius 2 is 1.90 bits per heavy atom. The maximum atomic E-state index is 13.2. The molecule has 1 aromatic carbocycles. The highest BCUT2D eigenvalue weighted by molar-refractivity contribution is 5.51. The second-order valence-electron chi connectivity index (χ2n) is 5.79. The van der Waals surface area contributed by atoms with Gasteiger partial charge < -0.3 is 10.2 Å². The number of hydrogen-bond donors (Lipinski definition) is 1. The van der Waals surface area contributed by atoms with Crippen molar-refractivity contribution in [2.24, 2.45) is 5.92 Å². The molecule has 5 heteroatoms. The van der Waals surface area contributed by atoms with Crippen LogP contribution in [-0.2, 0) is 12.7 Å². The van der Waals surface area contributed by atoms with Gasteiger partial charge in [0.15, 0.2) is 0 Å². The van der Waals surface area contributed by atoms with Crippen LogP contribution in [0, 0.1) is 5.92 Å². The molecule has 0 saturated heterocycles. The van der Waals surface area contributed by atoms with Gasteiger partial charge in [0, 0.05) is 25.8 Å². The normalized spacial score (nSPS) is 12.0. The third-order valence-corrected chi connectivity index (χ3v) is 3.27. The summed E-state index contributed by atoms with van der Waals surface area (Å²) >= 11 is 0. The second kappa shape index (κ2) is 7.69. The van der Waals surface area contributed by atoms with E-state index in [2.05, 4.69) is 5.32 Å². The minimum Gasteiger partial charge on any atom is -0.375 e. The number of rotatable bonds is 7. The first-order valence-corrected chi connectivity index (χ1v) is 7.37. The molecule has 0 aliphatic carbocycles. The lowest BCUT2D eigenvalue weighted by Crippen LogP contribution is -2.23. The van der Waals surface area contributed by atoms with Gasteiger partial charge in [0.05, 0.1) is 5.56 Å². The summed E-state index contributed by atoms with van der Waals surface area (Å²) in [7, 11) is 1.82. The molecule has 1 N–H and O–H groups in total. The fraction of sp³-hybridized carbons (Fsp3) is 0.625. The Bertz CT molecular complexity index is 442. The van der Waals surface area contributed by atoms with E-state index in [1.807, 2.05) is 32.7 Å². The van der Waals surface area contributed by atoms with Crippen molar-refractivity contribution >= 4 is 5.69 Å². The number of alkyl halides is 3. The Kier molecular flexibility index (Phi) is 6.52. The van der Waals surface area contributed by atoms with E-state index in [4.69, 9.17) is 0 Å². The monoisotopic (exact) mass is 302 g/mol. The molecule has 2 nitrogen and oxygen atoms in total. The van der Waals surface area contributed by atoms with Crippen LogP contribution >= 0.6 is 0 Å². The zero-order chi connectivity index (χ0) is 16.0. The molecule has 0 atom stereocenters. The van der Waals surface area contributed by atoms with E-state index < -0.39 is 11.7 Å². The summed E-state index contributed by atoms with van der Waals surface area (Å²) in [4.78, 5) is 1.85. The summed E-state index contributed by atoms with van der Waals surface area (Å²) < 4.78 is 39.7. The summed E-state index contributed by atoms with van der Waals surface area (Å²) in [6.07, 6.45) is -3.42. The summed E-state index contributed by atoms with van der Waals surface area (Å²) in [6.45, 7) is 7.74. The fourth-order valence-electron chi connectivity index (χ4n) is 2.18. The molecule has 120 valence electrons. The lowest BCUT2D eigenvalue weighted by Gasteiger charge is -2.22. The van der Waals surface area contributed by atoms with Crippen molar-refractivity contribution in [3.05, 3.63) is 29.3 Å². The maximum absolute atomic E-state index is 13.2. The lowest BCUT2D eigenvalue weighted by molar-refractivity contribution is -0.138. The number of hydrogen-bond acceptors (Lipinski definition) is 2. The van der Waals surface area contributed by atoms with Crippen LogP contribution in [0.5, 0.6) is 0 Å². The van der Waals surface area contributed by atoms with Crippen LogP contribution in [0.2, 0.25) is 0 Å². The standard InChI is InChI=1S/C16H25F3N2/c1-5-8-21(4)14-7-6-13(11-20-10-12(2)3)15(9-14)16(17,18)19/h6-7,9,12,20H,5,8,10-11H2,1-4H3. The Balaban J connectivity index is 2.97. The Morgan fingerprint density at radius 1 is 1.24 bits per heavy atom. The number of anilines is 1. The van der Waals surface area contributed by atoms with Gasteiger partial charge in [-0.05, 0) is 36.6 Å². The molecule has 0 aliphatic heterocycles. The van der Waals surface area contributed by atoms with Crippen molar-refractivity contribution in [2.75, 3.05) is 25.0 Å². The highest BCUT2D eigenvalue weighted by atomic mass is 19.4. The Labute approximate surface area is 125 Å². The molecule has 0 aliphatic rings. The van der Waals surface area contributed by atoms with Crippen molar-refractivity contribution in [3.63, 3.8) is 0 Å². The Hall–Kier alpha value is -1.23. The van der Waals surface area contributed by atoms with Gasteiger partial charge in [-0.25, -0.2) is 0 Å². The third kappa shape index (κ3) is 5.58. The van der Waals surface area contributed by atoms with Gasteiger partial charge in [-0.3, -0.25) is 0 Å². The van der Waals surface area contributed by atoms with Gasteiger partial charge in [0.2, 0.25) is 0 Å². The minimum absolute atomic E-state index is 0.241.